The third kappa shape index (κ3) is 2.68. The molecule has 0 heterocycles. The molecule has 1 aromatic rings. The van der Waals surface area contributed by atoms with Gasteiger partial charge in [-0.15, -0.1) is 6.58 Å². The zero-order valence-corrected chi connectivity index (χ0v) is 10.2. The van der Waals surface area contributed by atoms with Crippen LogP contribution in [0.15, 0.2) is 41.4 Å². The van der Waals surface area contributed by atoms with Gasteiger partial charge in [0.25, 0.3) is 0 Å². The van der Waals surface area contributed by atoms with Gasteiger partial charge >= 0.3 is 0 Å². The van der Waals surface area contributed by atoms with Crippen LogP contribution >= 0.6 is 15.9 Å². The molecule has 15 heavy (non-hydrogen) atoms. The highest BCUT2D eigenvalue weighted by Crippen LogP contribution is 2.34. The van der Waals surface area contributed by atoms with Gasteiger partial charge in [-0.05, 0) is 17.7 Å². The summed E-state index contributed by atoms with van der Waals surface area (Å²) in [6, 6.07) is 7.37. The summed E-state index contributed by atoms with van der Waals surface area (Å²) >= 11 is 3.33. The Bertz CT molecular complexity index is 334. The summed E-state index contributed by atoms with van der Waals surface area (Å²) < 4.78 is 0.961. The number of hydrogen-bond donors (Lipinski definition) is 2. The Morgan fingerprint density at radius 3 is 2.40 bits per heavy atom. The van der Waals surface area contributed by atoms with Crippen LogP contribution in [0.1, 0.15) is 18.6 Å². The average molecular weight is 271 g/mol. The molecular formula is C12H15BrO2. The Kier molecular flexibility index (Phi) is 4.08. The Hall–Kier alpha value is -0.640. The van der Waals surface area contributed by atoms with Crippen molar-refractivity contribution in [1.82, 2.24) is 0 Å². The van der Waals surface area contributed by atoms with E-state index in [-0.39, 0.29) is 6.61 Å². The minimum atomic E-state index is -0.743. The summed E-state index contributed by atoms with van der Waals surface area (Å²) in [5.41, 5.74) is 0.0723. The van der Waals surface area contributed by atoms with Crippen LogP contribution in [0.25, 0.3) is 0 Å². The van der Waals surface area contributed by atoms with Gasteiger partial charge < -0.3 is 10.2 Å². The van der Waals surface area contributed by atoms with Gasteiger partial charge in [-0.3, -0.25) is 0 Å². The van der Waals surface area contributed by atoms with E-state index in [1.165, 1.54) is 0 Å². The minimum absolute atomic E-state index is 0.131. The summed E-state index contributed by atoms with van der Waals surface area (Å²) in [7, 11) is 0. The molecule has 0 aliphatic carbocycles. The van der Waals surface area contributed by atoms with Gasteiger partial charge in [0, 0.05) is 9.89 Å². The maximum atomic E-state index is 10.1. The molecule has 0 bridgehead atoms. The maximum absolute atomic E-state index is 10.1. The number of aliphatic hydroxyl groups excluding tert-OH is 2. The molecule has 1 rings (SSSR count). The van der Waals surface area contributed by atoms with Crippen molar-refractivity contribution in [3.05, 3.63) is 47.0 Å². The molecular weight excluding hydrogens is 256 g/mol. The molecule has 2 nitrogen and oxygen atoms in total. The second-order valence-electron chi connectivity index (χ2n) is 3.82. The number of aliphatic hydroxyl groups is 2. The zero-order chi connectivity index (χ0) is 11.5. The average Bonchev–Trinajstić information content (AvgIpc) is 2.28. The Labute approximate surface area is 98.4 Å². The van der Waals surface area contributed by atoms with Crippen LogP contribution in [-0.2, 0) is 0 Å². The van der Waals surface area contributed by atoms with Crippen molar-refractivity contribution in [3.8, 4) is 0 Å². The summed E-state index contributed by atoms with van der Waals surface area (Å²) in [6.45, 7) is 5.28. The summed E-state index contributed by atoms with van der Waals surface area (Å²) in [6.07, 6.45) is 0.841. The van der Waals surface area contributed by atoms with Gasteiger partial charge in [0.2, 0.25) is 0 Å². The molecule has 3 heteroatoms. The predicted octanol–water partition coefficient (Wildman–Crippen LogP) is 2.67. The van der Waals surface area contributed by atoms with Crippen LogP contribution in [-0.4, -0.2) is 16.8 Å². The number of hydrogen-bond acceptors (Lipinski definition) is 2. The lowest BCUT2D eigenvalue weighted by atomic mass is 9.81. The van der Waals surface area contributed by atoms with Crippen LogP contribution < -0.4 is 0 Å². The van der Waals surface area contributed by atoms with E-state index in [4.69, 9.17) is 0 Å². The van der Waals surface area contributed by atoms with Crippen molar-refractivity contribution in [2.75, 3.05) is 6.61 Å². The highest BCUT2D eigenvalue weighted by Gasteiger charge is 2.30. The lowest BCUT2D eigenvalue weighted by Gasteiger charge is -2.29. The third-order valence-corrected chi connectivity index (χ3v) is 3.15. The van der Waals surface area contributed by atoms with E-state index < -0.39 is 11.5 Å². The molecule has 1 aromatic carbocycles. The van der Waals surface area contributed by atoms with Crippen LogP contribution in [0.3, 0.4) is 0 Å². The van der Waals surface area contributed by atoms with Gasteiger partial charge in [0.1, 0.15) is 0 Å². The molecule has 82 valence electrons. The van der Waals surface area contributed by atoms with Crippen LogP contribution in [0.4, 0.5) is 0 Å². The highest BCUT2D eigenvalue weighted by molar-refractivity contribution is 9.10. The first kappa shape index (κ1) is 12.4. The van der Waals surface area contributed by atoms with E-state index in [0.29, 0.717) is 0 Å². The van der Waals surface area contributed by atoms with Crippen molar-refractivity contribution < 1.29 is 10.2 Å². The van der Waals surface area contributed by atoms with Crippen molar-refractivity contribution >= 4 is 15.9 Å². The standard InChI is InChI=1S/C12H15BrO2/c1-3-12(2,8-14)11(15)9-4-6-10(13)7-5-9/h3-7,11,14-15H,1,8H2,2H3. The lowest BCUT2D eigenvalue weighted by molar-refractivity contribution is 0.0269. The number of rotatable bonds is 4. The molecule has 0 aromatic heterocycles. The molecule has 0 spiro atoms. The highest BCUT2D eigenvalue weighted by atomic mass is 79.9. The second kappa shape index (κ2) is 4.92. The molecule has 0 radical (unpaired) electrons. The summed E-state index contributed by atoms with van der Waals surface area (Å²) in [4.78, 5) is 0. The molecule has 2 N–H and O–H groups in total. The molecule has 2 atom stereocenters. The van der Waals surface area contributed by atoms with Gasteiger partial charge in [0.15, 0.2) is 0 Å². The van der Waals surface area contributed by atoms with E-state index in [0.717, 1.165) is 10.0 Å². The molecule has 0 fully saturated rings. The zero-order valence-electron chi connectivity index (χ0n) is 8.65. The van der Waals surface area contributed by atoms with Crippen LogP contribution in [0.5, 0.6) is 0 Å². The Morgan fingerprint density at radius 1 is 1.47 bits per heavy atom. The molecule has 0 aliphatic rings. The van der Waals surface area contributed by atoms with E-state index >= 15 is 0 Å². The van der Waals surface area contributed by atoms with Crippen molar-refractivity contribution in [3.63, 3.8) is 0 Å². The fourth-order valence-corrected chi connectivity index (χ4v) is 1.55. The Balaban J connectivity index is 2.97. The van der Waals surface area contributed by atoms with E-state index in [1.807, 2.05) is 24.3 Å². The van der Waals surface area contributed by atoms with Gasteiger partial charge in [-0.2, -0.15) is 0 Å². The van der Waals surface area contributed by atoms with E-state index in [1.54, 1.807) is 13.0 Å². The van der Waals surface area contributed by atoms with E-state index in [9.17, 15) is 10.2 Å². The smallest absolute Gasteiger partial charge is 0.0899 e. The fraction of sp³-hybridized carbons (Fsp3) is 0.333. The Morgan fingerprint density at radius 2 is 2.00 bits per heavy atom. The van der Waals surface area contributed by atoms with Crippen molar-refractivity contribution in [2.45, 2.75) is 13.0 Å². The quantitative estimate of drug-likeness (QED) is 0.826. The summed E-state index contributed by atoms with van der Waals surface area (Å²) in [5, 5.41) is 19.3. The fourth-order valence-electron chi connectivity index (χ4n) is 1.29. The van der Waals surface area contributed by atoms with Crippen molar-refractivity contribution in [2.24, 2.45) is 5.41 Å². The predicted molar refractivity (Wildman–Crippen MR) is 64.5 cm³/mol. The monoisotopic (exact) mass is 270 g/mol. The van der Waals surface area contributed by atoms with Gasteiger partial charge in [0.05, 0.1) is 12.7 Å². The van der Waals surface area contributed by atoms with Crippen LogP contribution in [0.2, 0.25) is 0 Å². The number of benzene rings is 1. The molecule has 0 saturated heterocycles. The molecule has 2 unspecified atom stereocenters. The first-order valence-electron chi connectivity index (χ1n) is 4.71. The van der Waals surface area contributed by atoms with Crippen molar-refractivity contribution in [1.29, 1.82) is 0 Å². The van der Waals surface area contributed by atoms with Gasteiger partial charge in [-0.1, -0.05) is 41.1 Å². The molecule has 0 aliphatic heterocycles. The minimum Gasteiger partial charge on any atom is -0.395 e. The largest absolute Gasteiger partial charge is 0.395 e. The lowest BCUT2D eigenvalue weighted by Crippen LogP contribution is -2.27. The second-order valence-corrected chi connectivity index (χ2v) is 4.74. The molecule has 0 amide bonds. The normalized spacial score (nSPS) is 16.8. The maximum Gasteiger partial charge on any atom is 0.0899 e. The summed E-state index contributed by atoms with van der Waals surface area (Å²) in [5.74, 6) is 0. The SMILES string of the molecule is C=CC(C)(CO)C(O)c1ccc(Br)cc1. The topological polar surface area (TPSA) is 40.5 Å². The van der Waals surface area contributed by atoms with Crippen LogP contribution in [0, 0.1) is 5.41 Å². The van der Waals surface area contributed by atoms with E-state index in [2.05, 4.69) is 22.5 Å². The first-order valence-corrected chi connectivity index (χ1v) is 5.51. The first-order chi connectivity index (χ1) is 7.03. The van der Waals surface area contributed by atoms with Gasteiger partial charge in [-0.25, -0.2) is 0 Å². The number of halogens is 1. The molecule has 0 saturated carbocycles. The third-order valence-electron chi connectivity index (χ3n) is 2.62.